The second-order valence-electron chi connectivity index (χ2n) is 17.0. The molecule has 2 aromatic rings. The summed E-state index contributed by atoms with van der Waals surface area (Å²) in [6.07, 6.45) is 42.2. The molecule has 12 rings (SSSR count). The number of aromatic nitrogens is 4. The standard InChI is InChI=1S/C41H48N4P2/c46-41(37-42-8-4-9-43-37,38-44-10-5-11-45-38)36-19-34(33-6-2-1-3-7-33)18-35(36)26-47(39-20-27-12-28(21-39)14-29(13-27)22-39)40-23-30-15-31(24-40)17-32(16-30)25-40/h1-6,8-11,18-19,27-32H,7,12-17,20-26,46H2. The molecular formula is C41H48N4P2. The lowest BCUT2D eigenvalue weighted by Gasteiger charge is -2.67. The van der Waals surface area contributed by atoms with Crippen LogP contribution >= 0.6 is 17.2 Å². The van der Waals surface area contributed by atoms with Crippen LogP contribution < -0.4 is 0 Å². The van der Waals surface area contributed by atoms with E-state index in [0.717, 1.165) is 53.6 Å². The summed E-state index contributed by atoms with van der Waals surface area (Å²) in [5.74, 6) is 7.46. The molecule has 0 spiro atoms. The fraction of sp³-hybridized carbons (Fsp3) is 0.561. The van der Waals surface area contributed by atoms with Gasteiger partial charge in [0.2, 0.25) is 0 Å². The van der Waals surface area contributed by atoms with Crippen molar-refractivity contribution < 1.29 is 0 Å². The van der Waals surface area contributed by atoms with Crippen molar-refractivity contribution in [1.82, 2.24) is 19.9 Å². The highest BCUT2D eigenvalue weighted by atomic mass is 31.1. The Morgan fingerprint density at radius 1 is 0.660 bits per heavy atom. The first-order valence-electron chi connectivity index (χ1n) is 18.6. The van der Waals surface area contributed by atoms with Crippen LogP contribution in [0.3, 0.4) is 0 Å². The van der Waals surface area contributed by atoms with E-state index < -0.39 is 5.16 Å². The molecule has 0 saturated heterocycles. The van der Waals surface area contributed by atoms with Crippen molar-refractivity contribution >= 4 is 17.2 Å². The van der Waals surface area contributed by atoms with Gasteiger partial charge in [-0.2, -0.15) is 0 Å². The van der Waals surface area contributed by atoms with E-state index in [2.05, 4.69) is 45.7 Å². The maximum absolute atomic E-state index is 4.92. The van der Waals surface area contributed by atoms with Gasteiger partial charge in [0.1, 0.15) is 16.8 Å². The molecule has 242 valence electrons. The molecule has 8 fully saturated rings. The monoisotopic (exact) mass is 658 g/mol. The van der Waals surface area contributed by atoms with E-state index >= 15 is 0 Å². The maximum Gasteiger partial charge on any atom is 0.150 e. The molecule has 0 aromatic carbocycles. The van der Waals surface area contributed by atoms with E-state index in [1.807, 2.05) is 36.9 Å². The molecule has 10 aliphatic carbocycles. The smallest absolute Gasteiger partial charge is 0.150 e. The molecule has 2 aromatic heterocycles. The first-order chi connectivity index (χ1) is 23.0. The van der Waals surface area contributed by atoms with Crippen LogP contribution in [0, 0.1) is 35.5 Å². The highest BCUT2D eigenvalue weighted by molar-refractivity contribution is 7.61. The Morgan fingerprint density at radius 3 is 1.55 bits per heavy atom. The minimum atomic E-state index is -0.713. The SMILES string of the molecule is PC(C1=CC(=C2C=CC=CC2)C=C1CP(C12CC3CC(CC(C3)C1)C2)C12CC3CC(CC(C3)C1)C2)(c1ncccn1)c1ncccn1. The molecule has 2 heterocycles. The molecule has 47 heavy (non-hydrogen) atoms. The fourth-order valence-electron chi connectivity index (χ4n) is 13.1. The van der Waals surface area contributed by atoms with Crippen molar-refractivity contribution in [2.75, 3.05) is 6.16 Å². The summed E-state index contributed by atoms with van der Waals surface area (Å²) in [7, 11) is 2.98. The first-order valence-corrected chi connectivity index (χ1v) is 20.7. The largest absolute Gasteiger partial charge is 0.240 e. The number of nitrogens with zero attached hydrogens (tertiary/aromatic N) is 4. The van der Waals surface area contributed by atoms with E-state index in [-0.39, 0.29) is 7.92 Å². The lowest BCUT2D eigenvalue weighted by molar-refractivity contribution is 0.0187. The van der Waals surface area contributed by atoms with Gasteiger partial charge in [-0.05, 0) is 176 Å². The molecule has 0 radical (unpaired) electrons. The normalized spacial score (nSPS) is 40.2. The average Bonchev–Trinajstić information content (AvgIpc) is 3.51. The summed E-state index contributed by atoms with van der Waals surface area (Å²) in [5, 5.41) is 0.428. The van der Waals surface area contributed by atoms with Gasteiger partial charge in [-0.15, -0.1) is 9.24 Å². The molecule has 10 aliphatic rings. The van der Waals surface area contributed by atoms with Crippen molar-refractivity contribution in [3.63, 3.8) is 0 Å². The van der Waals surface area contributed by atoms with E-state index in [4.69, 9.17) is 19.9 Å². The summed E-state index contributed by atoms with van der Waals surface area (Å²) in [6.45, 7) is 0. The van der Waals surface area contributed by atoms with Crippen LogP contribution in [0.25, 0.3) is 0 Å². The Balaban J connectivity index is 1.14. The summed E-state index contributed by atoms with van der Waals surface area (Å²) < 4.78 is 0. The Hall–Kier alpha value is -2.28. The minimum absolute atomic E-state index is 0.223. The maximum atomic E-state index is 4.92. The highest BCUT2D eigenvalue weighted by Gasteiger charge is 2.63. The van der Waals surface area contributed by atoms with Crippen molar-refractivity contribution in [1.29, 1.82) is 0 Å². The zero-order valence-corrected chi connectivity index (χ0v) is 29.7. The summed E-state index contributed by atoms with van der Waals surface area (Å²) >= 11 is 0. The molecule has 0 amide bonds. The molecule has 0 aliphatic heterocycles. The summed E-state index contributed by atoms with van der Waals surface area (Å²) in [6, 6.07) is 3.85. The van der Waals surface area contributed by atoms with Gasteiger partial charge in [-0.1, -0.05) is 38.3 Å². The van der Waals surface area contributed by atoms with E-state index in [1.54, 1.807) is 0 Å². The fourth-order valence-corrected chi connectivity index (χ4v) is 18.8. The lowest BCUT2D eigenvalue weighted by Crippen LogP contribution is -2.57. The van der Waals surface area contributed by atoms with Gasteiger partial charge < -0.3 is 0 Å². The number of hydrogen-bond acceptors (Lipinski definition) is 4. The third-order valence-electron chi connectivity index (χ3n) is 14.0. The van der Waals surface area contributed by atoms with Crippen molar-refractivity contribution in [2.45, 2.75) is 98.9 Å². The van der Waals surface area contributed by atoms with E-state index in [1.165, 1.54) is 106 Å². The van der Waals surface area contributed by atoms with Crippen LogP contribution in [0.1, 0.15) is 95.1 Å². The predicted octanol–water partition coefficient (Wildman–Crippen LogP) is 9.48. The lowest BCUT2D eigenvalue weighted by atomic mass is 9.55. The number of rotatable bonds is 7. The molecule has 8 bridgehead atoms. The zero-order chi connectivity index (χ0) is 31.2. The van der Waals surface area contributed by atoms with Gasteiger partial charge in [-0.25, -0.2) is 19.9 Å². The third kappa shape index (κ3) is 4.81. The van der Waals surface area contributed by atoms with E-state index in [0.29, 0.717) is 10.3 Å². The van der Waals surface area contributed by atoms with Gasteiger partial charge in [-0.3, -0.25) is 0 Å². The van der Waals surface area contributed by atoms with Gasteiger partial charge in [0, 0.05) is 24.8 Å². The number of hydrogen-bond donors (Lipinski definition) is 0. The van der Waals surface area contributed by atoms with Crippen LogP contribution in [0.4, 0.5) is 0 Å². The first kappa shape index (κ1) is 29.6. The molecule has 1 atom stereocenters. The van der Waals surface area contributed by atoms with Crippen LogP contribution in [0.5, 0.6) is 0 Å². The molecular weight excluding hydrogens is 610 g/mol. The summed E-state index contributed by atoms with van der Waals surface area (Å²) in [5.41, 5.74) is 5.61. The van der Waals surface area contributed by atoms with Crippen molar-refractivity contribution in [2.24, 2.45) is 35.5 Å². The Kier molecular flexibility index (Phi) is 7.01. The van der Waals surface area contributed by atoms with Gasteiger partial charge in [0.25, 0.3) is 0 Å². The molecule has 8 saturated carbocycles. The highest BCUT2D eigenvalue weighted by Crippen LogP contribution is 2.79. The average molecular weight is 659 g/mol. The van der Waals surface area contributed by atoms with Crippen molar-refractivity contribution in [3.8, 4) is 0 Å². The Morgan fingerprint density at radius 2 is 1.13 bits per heavy atom. The minimum Gasteiger partial charge on any atom is -0.240 e. The van der Waals surface area contributed by atoms with E-state index in [9.17, 15) is 0 Å². The van der Waals surface area contributed by atoms with Crippen LogP contribution in [-0.2, 0) is 5.16 Å². The Bertz CT molecular complexity index is 1570. The molecule has 0 N–H and O–H groups in total. The Labute approximate surface area is 284 Å². The van der Waals surface area contributed by atoms with Crippen LogP contribution in [-0.4, -0.2) is 36.4 Å². The second kappa shape index (κ2) is 11.1. The van der Waals surface area contributed by atoms with Crippen molar-refractivity contribution in [3.05, 3.63) is 107 Å². The molecule has 4 nitrogen and oxygen atoms in total. The second-order valence-corrected chi connectivity index (χ2v) is 21.0. The quantitative estimate of drug-likeness (QED) is 0.278. The molecule has 6 heteroatoms. The third-order valence-corrected chi connectivity index (χ3v) is 18.8. The zero-order valence-electron chi connectivity index (χ0n) is 27.6. The summed E-state index contributed by atoms with van der Waals surface area (Å²) in [4.78, 5) is 19.7. The number of allylic oxidation sites excluding steroid dienone is 10. The van der Waals surface area contributed by atoms with Gasteiger partial charge in [0.15, 0.2) is 0 Å². The van der Waals surface area contributed by atoms with Crippen LogP contribution in [0.15, 0.2) is 95.7 Å². The predicted molar refractivity (Wildman–Crippen MR) is 194 cm³/mol. The van der Waals surface area contributed by atoms with Gasteiger partial charge in [0.05, 0.1) is 0 Å². The topological polar surface area (TPSA) is 51.6 Å². The van der Waals surface area contributed by atoms with Gasteiger partial charge >= 0.3 is 0 Å². The van der Waals surface area contributed by atoms with Crippen LogP contribution in [0.2, 0.25) is 0 Å². The molecule has 1 unspecified atom stereocenters.